The molecule has 4 nitrogen and oxygen atoms in total. The molecule has 0 amide bonds. The van der Waals surface area contributed by atoms with Crippen molar-refractivity contribution < 1.29 is 17.5 Å². The van der Waals surface area contributed by atoms with Gasteiger partial charge in [0.1, 0.15) is 10.6 Å². The maximum Gasteiger partial charge on any atom is 0.243 e. The lowest BCUT2D eigenvalue weighted by Gasteiger charge is -2.08. The molecule has 0 aliphatic carbocycles. The molecule has 0 spiro atoms. The second-order valence-corrected chi connectivity index (χ2v) is 6.69. The number of hydrogen-bond donors (Lipinski definition) is 1. The van der Waals surface area contributed by atoms with Crippen molar-refractivity contribution in [3.05, 3.63) is 58.9 Å². The van der Waals surface area contributed by atoms with Gasteiger partial charge in [0.15, 0.2) is 5.82 Å². The number of methoxy groups -OCH3 is 1. The van der Waals surface area contributed by atoms with Crippen LogP contribution in [-0.4, -0.2) is 22.1 Å². The Balaban J connectivity index is 2.02. The lowest BCUT2D eigenvalue weighted by molar-refractivity contribution is 0.414. The summed E-state index contributed by atoms with van der Waals surface area (Å²) in [5, 5.41) is -0.224. The maximum absolute atomic E-state index is 13.8. The van der Waals surface area contributed by atoms with Gasteiger partial charge in [0.25, 0.3) is 0 Å². The van der Waals surface area contributed by atoms with E-state index in [4.69, 9.17) is 16.3 Å². The van der Waals surface area contributed by atoms with Crippen molar-refractivity contribution in [2.75, 3.05) is 13.7 Å². The fourth-order valence-corrected chi connectivity index (χ4v) is 3.25. The van der Waals surface area contributed by atoms with Crippen LogP contribution in [0.3, 0.4) is 0 Å². The predicted molar refractivity (Wildman–Crippen MR) is 83.3 cm³/mol. The Morgan fingerprint density at radius 1 is 1.18 bits per heavy atom. The summed E-state index contributed by atoms with van der Waals surface area (Å²) in [6.07, 6.45) is 0.478. The van der Waals surface area contributed by atoms with Crippen molar-refractivity contribution in [1.29, 1.82) is 0 Å². The van der Waals surface area contributed by atoms with E-state index in [9.17, 15) is 12.8 Å². The Labute approximate surface area is 133 Å². The maximum atomic E-state index is 13.8. The SMILES string of the molecule is COc1ccc(CCNS(=O)(=O)c2cccc(Cl)c2F)cc1. The molecule has 0 aliphatic heterocycles. The summed E-state index contributed by atoms with van der Waals surface area (Å²) in [6.45, 7) is 0.153. The van der Waals surface area contributed by atoms with Crippen LogP contribution in [0.1, 0.15) is 5.56 Å². The fourth-order valence-electron chi connectivity index (χ4n) is 1.89. The Kier molecular flexibility index (Phi) is 5.39. The first-order valence-corrected chi connectivity index (χ1v) is 8.37. The van der Waals surface area contributed by atoms with Gasteiger partial charge in [-0.05, 0) is 36.2 Å². The molecule has 118 valence electrons. The molecule has 0 heterocycles. The van der Waals surface area contributed by atoms with Gasteiger partial charge in [-0.1, -0.05) is 29.8 Å². The summed E-state index contributed by atoms with van der Waals surface area (Å²) in [5.74, 6) is -0.216. The number of hydrogen-bond acceptors (Lipinski definition) is 3. The number of ether oxygens (including phenoxy) is 1. The second kappa shape index (κ2) is 7.09. The van der Waals surface area contributed by atoms with Crippen molar-refractivity contribution in [2.45, 2.75) is 11.3 Å². The third-order valence-electron chi connectivity index (χ3n) is 3.07. The van der Waals surface area contributed by atoms with Crippen molar-refractivity contribution in [1.82, 2.24) is 4.72 Å². The number of halogens is 2. The molecule has 0 saturated carbocycles. The van der Waals surface area contributed by atoms with Gasteiger partial charge < -0.3 is 4.74 Å². The van der Waals surface area contributed by atoms with Gasteiger partial charge in [0.2, 0.25) is 10.0 Å². The zero-order chi connectivity index (χ0) is 16.2. The van der Waals surface area contributed by atoms with Gasteiger partial charge in [-0.15, -0.1) is 0 Å². The molecule has 0 radical (unpaired) electrons. The zero-order valence-corrected chi connectivity index (χ0v) is 13.4. The van der Waals surface area contributed by atoms with Crippen LogP contribution in [0.15, 0.2) is 47.4 Å². The Bertz CT molecular complexity index is 748. The van der Waals surface area contributed by atoms with Gasteiger partial charge in [0, 0.05) is 6.54 Å². The minimum Gasteiger partial charge on any atom is -0.497 e. The van der Waals surface area contributed by atoms with Crippen molar-refractivity contribution in [2.24, 2.45) is 0 Å². The first-order chi connectivity index (χ1) is 10.4. The van der Waals surface area contributed by atoms with Gasteiger partial charge in [0.05, 0.1) is 12.1 Å². The van der Waals surface area contributed by atoms with Gasteiger partial charge >= 0.3 is 0 Å². The third kappa shape index (κ3) is 3.97. The van der Waals surface area contributed by atoms with Crippen LogP contribution in [0.4, 0.5) is 4.39 Å². The first kappa shape index (κ1) is 16.7. The summed E-state index contributed by atoms with van der Waals surface area (Å²) in [7, 11) is -2.36. The highest BCUT2D eigenvalue weighted by atomic mass is 35.5. The summed E-state index contributed by atoms with van der Waals surface area (Å²) >= 11 is 5.60. The molecule has 0 unspecified atom stereocenters. The Morgan fingerprint density at radius 2 is 1.86 bits per heavy atom. The van der Waals surface area contributed by atoms with Gasteiger partial charge in [-0.2, -0.15) is 0 Å². The number of sulfonamides is 1. The van der Waals surface area contributed by atoms with E-state index in [1.807, 2.05) is 12.1 Å². The van der Waals surface area contributed by atoms with E-state index < -0.39 is 20.7 Å². The molecule has 0 bridgehead atoms. The van der Waals surface area contributed by atoms with E-state index in [1.165, 1.54) is 18.2 Å². The van der Waals surface area contributed by atoms with Crippen LogP contribution >= 0.6 is 11.6 Å². The molecule has 2 rings (SSSR count). The number of benzene rings is 2. The monoisotopic (exact) mass is 343 g/mol. The molecule has 0 fully saturated rings. The first-order valence-electron chi connectivity index (χ1n) is 6.50. The minimum absolute atomic E-state index is 0.153. The molecule has 0 atom stereocenters. The molecule has 0 aromatic heterocycles. The Hall–Kier alpha value is -1.63. The minimum atomic E-state index is -3.93. The zero-order valence-electron chi connectivity index (χ0n) is 11.8. The van der Waals surface area contributed by atoms with Gasteiger partial charge in [-0.3, -0.25) is 0 Å². The molecule has 1 N–H and O–H groups in total. The topological polar surface area (TPSA) is 55.4 Å². The van der Waals surface area contributed by atoms with E-state index in [2.05, 4.69) is 4.72 Å². The van der Waals surface area contributed by atoms with Crippen molar-refractivity contribution >= 4 is 21.6 Å². The summed E-state index contributed by atoms with van der Waals surface area (Å²) in [4.78, 5) is -0.449. The lowest BCUT2D eigenvalue weighted by atomic mass is 10.1. The van der Waals surface area contributed by atoms with Crippen LogP contribution in [0, 0.1) is 5.82 Å². The average Bonchev–Trinajstić information content (AvgIpc) is 2.50. The highest BCUT2D eigenvalue weighted by molar-refractivity contribution is 7.89. The second-order valence-electron chi connectivity index (χ2n) is 4.55. The summed E-state index contributed by atoms with van der Waals surface area (Å²) in [5.41, 5.74) is 0.940. The Morgan fingerprint density at radius 3 is 2.50 bits per heavy atom. The third-order valence-corrected chi connectivity index (χ3v) is 4.84. The summed E-state index contributed by atoms with van der Waals surface area (Å²) < 4.78 is 45.3. The van der Waals surface area contributed by atoms with Crippen LogP contribution < -0.4 is 9.46 Å². The molecular weight excluding hydrogens is 329 g/mol. The highest BCUT2D eigenvalue weighted by Gasteiger charge is 2.20. The molecule has 0 aliphatic rings. The lowest BCUT2D eigenvalue weighted by Crippen LogP contribution is -2.26. The normalized spacial score (nSPS) is 11.4. The smallest absolute Gasteiger partial charge is 0.243 e. The fraction of sp³-hybridized carbons (Fsp3) is 0.200. The van der Waals surface area contributed by atoms with Gasteiger partial charge in [-0.25, -0.2) is 17.5 Å². The van der Waals surface area contributed by atoms with Crippen LogP contribution in [-0.2, 0) is 16.4 Å². The van der Waals surface area contributed by atoms with E-state index in [-0.39, 0.29) is 11.6 Å². The molecule has 2 aromatic carbocycles. The number of rotatable bonds is 6. The highest BCUT2D eigenvalue weighted by Crippen LogP contribution is 2.21. The standard InChI is InChI=1S/C15H15ClFNO3S/c1-21-12-7-5-11(6-8-12)9-10-18-22(19,20)14-4-2-3-13(16)15(14)17/h2-8,18H,9-10H2,1H3. The molecular formula is C15H15ClFNO3S. The summed E-state index contributed by atoms with van der Waals surface area (Å²) in [6, 6.07) is 11.1. The predicted octanol–water partition coefficient (Wildman–Crippen LogP) is 3.01. The van der Waals surface area contributed by atoms with Crippen molar-refractivity contribution in [3.63, 3.8) is 0 Å². The van der Waals surface area contributed by atoms with E-state index >= 15 is 0 Å². The molecule has 0 saturated heterocycles. The molecule has 22 heavy (non-hydrogen) atoms. The van der Waals surface area contributed by atoms with Crippen molar-refractivity contribution in [3.8, 4) is 5.75 Å². The average molecular weight is 344 g/mol. The van der Waals surface area contributed by atoms with Crippen LogP contribution in [0.25, 0.3) is 0 Å². The van der Waals surface area contributed by atoms with E-state index in [0.717, 1.165) is 11.3 Å². The van der Waals surface area contributed by atoms with Crippen LogP contribution in [0.5, 0.6) is 5.75 Å². The molecule has 2 aromatic rings. The largest absolute Gasteiger partial charge is 0.497 e. The molecule has 7 heteroatoms. The van der Waals surface area contributed by atoms with E-state index in [1.54, 1.807) is 19.2 Å². The number of nitrogens with one attached hydrogen (secondary N) is 1. The van der Waals surface area contributed by atoms with E-state index in [0.29, 0.717) is 6.42 Å². The quantitative estimate of drug-likeness (QED) is 0.877. The van der Waals surface area contributed by atoms with Crippen LogP contribution in [0.2, 0.25) is 5.02 Å².